The van der Waals surface area contributed by atoms with Crippen LogP contribution in [0.15, 0.2) is 36.4 Å². The van der Waals surface area contributed by atoms with Crippen LogP contribution in [0.1, 0.15) is 82.7 Å². The van der Waals surface area contributed by atoms with E-state index in [1.165, 1.54) is 0 Å². The number of nitrogens with one attached hydrogen (secondary N) is 2. The van der Waals surface area contributed by atoms with Crippen molar-refractivity contribution in [3.63, 3.8) is 0 Å². The number of alkyl carbamates (subject to hydrolysis) is 1. The number of ether oxygens (including phenoxy) is 1. The fourth-order valence-corrected chi connectivity index (χ4v) is 5.35. The summed E-state index contributed by atoms with van der Waals surface area (Å²) in [5, 5.41) is 6.26. The van der Waals surface area contributed by atoms with Gasteiger partial charge in [-0.1, -0.05) is 73.8 Å². The molecule has 3 rings (SSSR count). The third kappa shape index (κ3) is 8.23. The lowest BCUT2D eigenvalue weighted by atomic mass is 9.96. The topological polar surface area (TPSA) is 87.7 Å². The zero-order valence-corrected chi connectivity index (χ0v) is 26.0. The first-order valence-electron chi connectivity index (χ1n) is 14.0. The van der Waals surface area contributed by atoms with Crippen LogP contribution in [-0.4, -0.2) is 40.5 Å². The summed E-state index contributed by atoms with van der Waals surface area (Å²) in [6.45, 7) is 17.2. The molecular weight excluding hydrogens is 526 g/mol. The molecule has 2 aromatic carbocycles. The second-order valence-corrected chi connectivity index (χ2v) is 13.0. The van der Waals surface area contributed by atoms with Crippen molar-refractivity contribution in [2.75, 3.05) is 5.32 Å². The SMILES string of the molecule is Cc1cc(C)cc(C(C(=O)Nc2c(C)cccc2Cl)N(C(=O)C(CC(C)C)NC(=O)OC(C)(C)C)C2CC2C)c1. The number of hydrogen-bond donors (Lipinski definition) is 2. The molecule has 40 heavy (non-hydrogen) atoms. The van der Waals surface area contributed by atoms with Crippen molar-refractivity contribution in [1.29, 1.82) is 0 Å². The van der Waals surface area contributed by atoms with Crippen LogP contribution in [0.5, 0.6) is 0 Å². The number of halogens is 1. The maximum Gasteiger partial charge on any atom is 0.408 e. The molecule has 0 heterocycles. The number of benzene rings is 2. The molecule has 3 amide bonds. The van der Waals surface area contributed by atoms with Crippen LogP contribution in [0.3, 0.4) is 0 Å². The zero-order chi connectivity index (χ0) is 29.9. The van der Waals surface area contributed by atoms with Gasteiger partial charge in [0.1, 0.15) is 17.7 Å². The number of anilines is 1. The number of carbonyl (C=O) groups is 3. The molecule has 0 aromatic heterocycles. The van der Waals surface area contributed by atoms with Gasteiger partial charge >= 0.3 is 6.09 Å². The first-order valence-corrected chi connectivity index (χ1v) is 14.4. The summed E-state index contributed by atoms with van der Waals surface area (Å²) in [6, 6.07) is 9.44. The Kier molecular flexibility index (Phi) is 9.94. The largest absolute Gasteiger partial charge is 0.444 e. The van der Waals surface area contributed by atoms with E-state index in [0.29, 0.717) is 22.7 Å². The van der Waals surface area contributed by atoms with Gasteiger partial charge in [-0.25, -0.2) is 4.79 Å². The van der Waals surface area contributed by atoms with E-state index in [2.05, 4.69) is 17.6 Å². The fraction of sp³-hybridized carbons (Fsp3) is 0.531. The third-order valence-corrected chi connectivity index (χ3v) is 7.25. The third-order valence-electron chi connectivity index (χ3n) is 6.93. The molecule has 8 heteroatoms. The number of rotatable bonds is 9. The molecule has 4 unspecified atom stereocenters. The Labute approximate surface area is 244 Å². The van der Waals surface area contributed by atoms with Crippen molar-refractivity contribution in [1.82, 2.24) is 10.2 Å². The van der Waals surface area contributed by atoms with Crippen molar-refractivity contribution in [3.8, 4) is 0 Å². The highest BCUT2D eigenvalue weighted by Gasteiger charge is 2.48. The molecule has 1 fully saturated rings. The van der Waals surface area contributed by atoms with Gasteiger partial charge in [-0.2, -0.15) is 0 Å². The van der Waals surface area contributed by atoms with Crippen molar-refractivity contribution >= 4 is 35.2 Å². The summed E-state index contributed by atoms with van der Waals surface area (Å²) in [5.41, 5.74) is 3.32. The number of para-hydroxylation sites is 1. The number of hydrogen-bond acceptors (Lipinski definition) is 4. The molecule has 0 saturated heterocycles. The highest BCUT2D eigenvalue weighted by Crippen LogP contribution is 2.42. The van der Waals surface area contributed by atoms with Crippen LogP contribution in [0, 0.1) is 32.6 Å². The highest BCUT2D eigenvalue weighted by atomic mass is 35.5. The van der Waals surface area contributed by atoms with Crippen LogP contribution in [0.25, 0.3) is 0 Å². The van der Waals surface area contributed by atoms with Crippen LogP contribution in [0.2, 0.25) is 5.02 Å². The van der Waals surface area contributed by atoms with Gasteiger partial charge in [-0.15, -0.1) is 0 Å². The highest BCUT2D eigenvalue weighted by molar-refractivity contribution is 6.34. The lowest BCUT2D eigenvalue weighted by Gasteiger charge is -2.36. The normalized spacial score (nSPS) is 18.1. The van der Waals surface area contributed by atoms with E-state index in [4.69, 9.17) is 16.3 Å². The van der Waals surface area contributed by atoms with E-state index < -0.39 is 23.8 Å². The van der Waals surface area contributed by atoms with E-state index in [0.717, 1.165) is 23.1 Å². The molecule has 2 N–H and O–H groups in total. The predicted molar refractivity (Wildman–Crippen MR) is 161 cm³/mol. The molecule has 0 aliphatic heterocycles. The maximum absolute atomic E-state index is 14.4. The first kappa shape index (κ1) is 31.5. The van der Waals surface area contributed by atoms with Crippen LogP contribution in [-0.2, 0) is 14.3 Å². The summed E-state index contributed by atoms with van der Waals surface area (Å²) in [4.78, 5) is 43.1. The van der Waals surface area contributed by atoms with Gasteiger partial charge in [0.2, 0.25) is 5.91 Å². The van der Waals surface area contributed by atoms with E-state index >= 15 is 0 Å². The van der Waals surface area contributed by atoms with Crippen LogP contribution in [0.4, 0.5) is 10.5 Å². The lowest BCUT2D eigenvalue weighted by molar-refractivity contribution is -0.142. The molecule has 0 bridgehead atoms. The molecule has 218 valence electrons. The molecule has 0 spiro atoms. The minimum Gasteiger partial charge on any atom is -0.444 e. The quantitative estimate of drug-likeness (QED) is 0.336. The van der Waals surface area contributed by atoms with Gasteiger partial charge in [0.05, 0.1) is 10.7 Å². The summed E-state index contributed by atoms with van der Waals surface area (Å²) < 4.78 is 5.49. The van der Waals surface area contributed by atoms with Crippen LogP contribution >= 0.6 is 11.6 Å². The molecule has 1 saturated carbocycles. The Morgan fingerprint density at radius 2 is 1.68 bits per heavy atom. The van der Waals surface area contributed by atoms with Crippen molar-refractivity contribution < 1.29 is 19.1 Å². The average Bonchev–Trinajstić information content (AvgIpc) is 3.52. The summed E-state index contributed by atoms with van der Waals surface area (Å²) in [7, 11) is 0. The Morgan fingerprint density at radius 1 is 1.07 bits per heavy atom. The maximum atomic E-state index is 14.4. The van der Waals surface area contributed by atoms with Crippen LogP contribution < -0.4 is 10.6 Å². The number of amides is 3. The molecule has 2 aromatic rings. The Morgan fingerprint density at radius 3 is 2.17 bits per heavy atom. The molecule has 0 radical (unpaired) electrons. The summed E-state index contributed by atoms with van der Waals surface area (Å²) in [6.07, 6.45) is 0.515. The van der Waals surface area contributed by atoms with Crippen molar-refractivity contribution in [3.05, 3.63) is 63.7 Å². The predicted octanol–water partition coefficient (Wildman–Crippen LogP) is 7.12. The van der Waals surface area contributed by atoms with Crippen molar-refractivity contribution in [2.45, 2.75) is 98.9 Å². The summed E-state index contributed by atoms with van der Waals surface area (Å²) in [5.74, 6) is -0.326. The molecule has 4 atom stereocenters. The molecule has 7 nitrogen and oxygen atoms in total. The van der Waals surface area contributed by atoms with Gasteiger partial charge in [0.25, 0.3) is 5.91 Å². The Bertz CT molecular complexity index is 1210. The van der Waals surface area contributed by atoms with Crippen molar-refractivity contribution in [2.24, 2.45) is 11.8 Å². The van der Waals surface area contributed by atoms with Gasteiger partial charge < -0.3 is 20.3 Å². The monoisotopic (exact) mass is 569 g/mol. The standard InChI is InChI=1S/C32H44ClN3O4/c1-18(2)13-25(34-31(39)40-32(7,8)9)30(38)36(26-17-22(26)6)28(23-15-19(3)14-20(4)16-23)29(37)35-27-21(5)11-10-12-24(27)33/h10-12,14-16,18,22,25-26,28H,13,17H2,1-9H3,(H,34,39)(H,35,37). The minimum absolute atomic E-state index is 0.113. The smallest absolute Gasteiger partial charge is 0.408 e. The number of nitrogens with zero attached hydrogens (tertiary/aromatic N) is 1. The Balaban J connectivity index is 2.09. The van der Waals surface area contributed by atoms with Gasteiger partial charge in [0, 0.05) is 6.04 Å². The molecule has 1 aliphatic rings. The number of carbonyl (C=O) groups excluding carboxylic acids is 3. The molecular formula is C32H44ClN3O4. The fourth-order valence-electron chi connectivity index (χ4n) is 5.08. The van der Waals surface area contributed by atoms with E-state index in [1.54, 1.807) is 31.7 Å². The zero-order valence-electron chi connectivity index (χ0n) is 25.2. The lowest BCUT2D eigenvalue weighted by Crippen LogP contribution is -2.53. The Hall–Kier alpha value is -3.06. The average molecular weight is 570 g/mol. The second kappa shape index (κ2) is 12.6. The second-order valence-electron chi connectivity index (χ2n) is 12.6. The van der Waals surface area contributed by atoms with E-state index in [1.807, 2.05) is 65.0 Å². The van der Waals surface area contributed by atoms with E-state index in [9.17, 15) is 14.4 Å². The minimum atomic E-state index is -0.924. The van der Waals surface area contributed by atoms with Gasteiger partial charge in [0.15, 0.2) is 0 Å². The number of aryl methyl sites for hydroxylation is 3. The molecule has 1 aliphatic carbocycles. The first-order chi connectivity index (χ1) is 18.6. The van der Waals surface area contributed by atoms with Gasteiger partial charge in [-0.05, 0) is 83.4 Å². The van der Waals surface area contributed by atoms with Gasteiger partial charge in [-0.3, -0.25) is 9.59 Å². The summed E-state index contributed by atoms with van der Waals surface area (Å²) >= 11 is 6.48. The van der Waals surface area contributed by atoms with E-state index in [-0.39, 0.29) is 29.7 Å².